The highest BCUT2D eigenvalue weighted by Crippen LogP contribution is 2.08. The molecule has 0 atom stereocenters. The molecular formula is C9H9NO4S. The molecule has 0 amide bonds. The maximum Gasteiger partial charge on any atom is 0.410 e. The molecule has 1 N–H and O–H groups in total. The molecule has 0 radical (unpaired) electrons. The maximum absolute atomic E-state index is 11.2. The summed E-state index contributed by atoms with van der Waals surface area (Å²) >= 11 is 0. The van der Waals surface area contributed by atoms with Gasteiger partial charge in [-0.1, -0.05) is 24.8 Å². The Labute approximate surface area is 87.6 Å². The predicted molar refractivity (Wildman–Crippen MR) is 55.3 cm³/mol. The minimum Gasteiger partial charge on any atom is -0.326 e. The molecule has 0 aliphatic heterocycles. The van der Waals surface area contributed by atoms with Crippen molar-refractivity contribution in [3.63, 3.8) is 0 Å². The minimum absolute atomic E-state index is 0.314. The first-order valence-corrected chi connectivity index (χ1v) is 5.38. The van der Waals surface area contributed by atoms with Crippen molar-refractivity contribution < 1.29 is 17.4 Å². The topological polar surface area (TPSA) is 72.5 Å². The van der Waals surface area contributed by atoms with Gasteiger partial charge in [0.1, 0.15) is 0 Å². The van der Waals surface area contributed by atoms with E-state index in [1.165, 1.54) is 12.1 Å². The van der Waals surface area contributed by atoms with Crippen molar-refractivity contribution in [3.8, 4) is 0 Å². The van der Waals surface area contributed by atoms with Gasteiger partial charge in [-0.15, -0.1) is 0 Å². The van der Waals surface area contributed by atoms with Crippen LogP contribution in [0.2, 0.25) is 0 Å². The van der Waals surface area contributed by atoms with Crippen LogP contribution in [0.5, 0.6) is 0 Å². The number of para-hydroxylation sites is 1. The molecule has 1 rings (SSSR count). The summed E-state index contributed by atoms with van der Waals surface area (Å²) in [6, 6.07) is 8.08. The van der Waals surface area contributed by atoms with Gasteiger partial charge in [0.05, 0.1) is 5.69 Å². The van der Waals surface area contributed by atoms with E-state index in [9.17, 15) is 13.2 Å². The van der Waals surface area contributed by atoms with Crippen LogP contribution in [-0.4, -0.2) is 14.4 Å². The van der Waals surface area contributed by atoms with Crippen LogP contribution in [0.4, 0.5) is 5.69 Å². The van der Waals surface area contributed by atoms with Crippen molar-refractivity contribution in [2.24, 2.45) is 0 Å². The second-order valence-corrected chi connectivity index (χ2v) is 3.81. The molecule has 0 aliphatic rings. The predicted octanol–water partition coefficient (Wildman–Crippen LogP) is 1.07. The van der Waals surface area contributed by atoms with E-state index in [0.29, 0.717) is 5.69 Å². The van der Waals surface area contributed by atoms with Gasteiger partial charge < -0.3 is 4.18 Å². The van der Waals surface area contributed by atoms with Crippen LogP contribution < -0.4 is 4.72 Å². The van der Waals surface area contributed by atoms with Gasteiger partial charge >= 0.3 is 16.3 Å². The van der Waals surface area contributed by atoms with Crippen molar-refractivity contribution >= 4 is 22.0 Å². The fraction of sp³-hybridized carbons (Fsp3) is 0. The summed E-state index contributed by atoms with van der Waals surface area (Å²) in [4.78, 5) is 10.7. The summed E-state index contributed by atoms with van der Waals surface area (Å²) in [6.07, 6.45) is 0.768. The van der Waals surface area contributed by atoms with E-state index >= 15 is 0 Å². The average molecular weight is 227 g/mol. The Morgan fingerprint density at radius 3 is 2.47 bits per heavy atom. The second kappa shape index (κ2) is 4.61. The molecule has 1 aromatic carbocycles. The average Bonchev–Trinajstić information content (AvgIpc) is 2.17. The second-order valence-electron chi connectivity index (χ2n) is 2.53. The van der Waals surface area contributed by atoms with Crippen molar-refractivity contribution in [2.45, 2.75) is 0 Å². The van der Waals surface area contributed by atoms with Gasteiger partial charge in [-0.25, -0.2) is 4.79 Å². The zero-order valence-corrected chi connectivity index (χ0v) is 8.53. The monoisotopic (exact) mass is 227 g/mol. The molecule has 0 bridgehead atoms. The fourth-order valence-electron chi connectivity index (χ4n) is 0.814. The zero-order valence-electron chi connectivity index (χ0n) is 7.71. The van der Waals surface area contributed by atoms with Gasteiger partial charge in [0.2, 0.25) is 0 Å². The summed E-state index contributed by atoms with van der Waals surface area (Å²) in [5.41, 5.74) is 0.314. The van der Waals surface area contributed by atoms with Crippen LogP contribution in [-0.2, 0) is 19.3 Å². The standard InChI is InChI=1S/C9H9NO4S/c1-2-9(11)14-15(12,13)10-8-6-4-3-5-7-8/h2-7,10H,1H2. The van der Waals surface area contributed by atoms with Gasteiger partial charge in [-0.2, -0.15) is 8.42 Å². The van der Waals surface area contributed by atoms with E-state index in [0.717, 1.165) is 6.08 Å². The molecule has 0 fully saturated rings. The molecule has 0 aromatic heterocycles. The van der Waals surface area contributed by atoms with E-state index in [4.69, 9.17) is 0 Å². The summed E-state index contributed by atoms with van der Waals surface area (Å²) in [6.45, 7) is 3.09. The van der Waals surface area contributed by atoms with Gasteiger partial charge in [-0.3, -0.25) is 4.72 Å². The van der Waals surface area contributed by atoms with Gasteiger partial charge in [0.25, 0.3) is 0 Å². The van der Waals surface area contributed by atoms with E-state index < -0.39 is 16.3 Å². The third-order valence-electron chi connectivity index (χ3n) is 1.38. The van der Waals surface area contributed by atoms with Crippen molar-refractivity contribution in [2.75, 3.05) is 4.72 Å². The van der Waals surface area contributed by atoms with Crippen LogP contribution in [0.1, 0.15) is 0 Å². The largest absolute Gasteiger partial charge is 0.410 e. The lowest BCUT2D eigenvalue weighted by atomic mass is 10.3. The van der Waals surface area contributed by atoms with Crippen LogP contribution in [0, 0.1) is 0 Å². The first-order valence-electron chi connectivity index (χ1n) is 3.97. The summed E-state index contributed by atoms with van der Waals surface area (Å²) < 4.78 is 28.5. The van der Waals surface area contributed by atoms with Crippen LogP contribution >= 0.6 is 0 Å². The summed E-state index contributed by atoms with van der Waals surface area (Å²) in [7, 11) is -4.12. The molecule has 0 saturated carbocycles. The number of carbonyl (C=O) groups is 1. The highest BCUT2D eigenvalue weighted by molar-refractivity contribution is 7.88. The molecule has 1 aromatic rings. The van der Waals surface area contributed by atoms with Crippen LogP contribution in [0.3, 0.4) is 0 Å². The Bertz CT molecular complexity index is 452. The third kappa shape index (κ3) is 3.82. The highest BCUT2D eigenvalue weighted by Gasteiger charge is 2.14. The number of hydrogen-bond acceptors (Lipinski definition) is 4. The lowest BCUT2D eigenvalue weighted by Crippen LogP contribution is -2.18. The molecule has 0 heterocycles. The molecule has 0 aliphatic carbocycles. The van der Waals surface area contributed by atoms with Gasteiger partial charge in [0.15, 0.2) is 0 Å². The number of hydrogen-bond donors (Lipinski definition) is 1. The minimum atomic E-state index is -4.12. The molecule has 0 saturated heterocycles. The van der Waals surface area contributed by atoms with Gasteiger partial charge in [-0.05, 0) is 12.1 Å². The zero-order chi connectivity index (χ0) is 11.3. The number of nitrogens with one attached hydrogen (secondary N) is 1. The smallest absolute Gasteiger partial charge is 0.326 e. The number of rotatable bonds is 4. The molecule has 0 spiro atoms. The van der Waals surface area contributed by atoms with E-state index in [1.807, 2.05) is 0 Å². The highest BCUT2D eigenvalue weighted by atomic mass is 32.2. The van der Waals surface area contributed by atoms with E-state index in [2.05, 4.69) is 15.5 Å². The molecular weight excluding hydrogens is 218 g/mol. The lowest BCUT2D eigenvalue weighted by molar-refractivity contribution is -0.128. The SMILES string of the molecule is C=CC(=O)OS(=O)(=O)Nc1ccccc1. The first-order chi connectivity index (χ1) is 7.03. The Morgan fingerprint density at radius 1 is 1.33 bits per heavy atom. The number of anilines is 1. The fourth-order valence-corrected chi connectivity index (χ4v) is 1.56. The molecule has 5 nitrogen and oxygen atoms in total. The van der Waals surface area contributed by atoms with E-state index in [-0.39, 0.29) is 0 Å². The summed E-state index contributed by atoms with van der Waals surface area (Å²) in [5.74, 6) is -1.03. The molecule has 0 unspecified atom stereocenters. The van der Waals surface area contributed by atoms with Gasteiger partial charge in [0, 0.05) is 6.08 Å². The maximum atomic E-state index is 11.2. The van der Waals surface area contributed by atoms with Crippen molar-refractivity contribution in [3.05, 3.63) is 43.0 Å². The third-order valence-corrected chi connectivity index (χ3v) is 2.24. The normalized spacial score (nSPS) is 10.4. The van der Waals surface area contributed by atoms with Crippen LogP contribution in [0.25, 0.3) is 0 Å². The Balaban J connectivity index is 2.73. The molecule has 80 valence electrons. The molecule has 6 heteroatoms. The number of benzene rings is 1. The summed E-state index contributed by atoms with van der Waals surface area (Å²) in [5, 5.41) is 0. The molecule has 15 heavy (non-hydrogen) atoms. The lowest BCUT2D eigenvalue weighted by Gasteiger charge is -2.05. The Hall–Kier alpha value is -1.82. The first kappa shape index (κ1) is 11.3. The van der Waals surface area contributed by atoms with Crippen LogP contribution in [0.15, 0.2) is 43.0 Å². The Kier molecular flexibility index (Phi) is 3.46. The quantitative estimate of drug-likeness (QED) is 0.781. The van der Waals surface area contributed by atoms with Crippen molar-refractivity contribution in [1.82, 2.24) is 0 Å². The van der Waals surface area contributed by atoms with E-state index in [1.54, 1.807) is 18.2 Å². The van der Waals surface area contributed by atoms with Crippen molar-refractivity contribution in [1.29, 1.82) is 0 Å². The Morgan fingerprint density at radius 2 is 1.93 bits per heavy atom. The number of carbonyl (C=O) groups excluding carboxylic acids is 1.